The first-order valence-electron chi connectivity index (χ1n) is 6.98. The molecule has 5 heteroatoms. The molecule has 0 aliphatic carbocycles. The molecule has 2 rings (SSSR count). The van der Waals surface area contributed by atoms with Crippen LogP contribution in [0, 0.1) is 5.41 Å². The Kier molecular flexibility index (Phi) is 4.77. The van der Waals surface area contributed by atoms with E-state index in [2.05, 4.69) is 5.32 Å². The van der Waals surface area contributed by atoms with Gasteiger partial charge in [-0.3, -0.25) is 5.41 Å². The number of benzene rings is 2. The van der Waals surface area contributed by atoms with Gasteiger partial charge in [0.2, 0.25) is 0 Å². The molecule has 2 aromatic carbocycles. The number of amidine groups is 1. The number of carbonyl (C=O) groups excluding carboxylic acids is 1. The van der Waals surface area contributed by atoms with Gasteiger partial charge in [0.15, 0.2) is 0 Å². The van der Waals surface area contributed by atoms with Gasteiger partial charge in [-0.05, 0) is 17.9 Å². The van der Waals surface area contributed by atoms with Crippen LogP contribution in [0.3, 0.4) is 0 Å². The molecule has 0 unspecified atom stereocenters. The summed E-state index contributed by atoms with van der Waals surface area (Å²) in [5, 5.41) is 12.3. The lowest BCUT2D eigenvalue weighted by Crippen LogP contribution is -2.41. The highest BCUT2D eigenvalue weighted by atomic mass is 16.2. The predicted molar refractivity (Wildman–Crippen MR) is 86.7 cm³/mol. The van der Waals surface area contributed by atoms with Crippen LogP contribution < -0.4 is 11.1 Å². The molecular weight excluding hydrogens is 264 g/mol. The molecule has 0 saturated carbocycles. The lowest BCUT2D eigenvalue weighted by atomic mass is 10.1. The molecule has 0 aliphatic heterocycles. The van der Waals surface area contributed by atoms with Crippen molar-refractivity contribution in [3.05, 3.63) is 42.5 Å². The summed E-state index contributed by atoms with van der Waals surface area (Å²) in [6.07, 6.45) is 0.816. The zero-order valence-electron chi connectivity index (χ0n) is 12.1. The van der Waals surface area contributed by atoms with E-state index in [1.807, 2.05) is 49.4 Å². The maximum absolute atomic E-state index is 12.3. The third kappa shape index (κ3) is 3.72. The molecule has 0 radical (unpaired) electrons. The first-order valence-corrected chi connectivity index (χ1v) is 6.98. The summed E-state index contributed by atoms with van der Waals surface area (Å²) in [5.41, 5.74) is 6.17. The highest BCUT2D eigenvalue weighted by molar-refractivity contribution is 6.02. The van der Waals surface area contributed by atoms with E-state index in [9.17, 15) is 4.79 Å². The molecule has 0 atom stereocenters. The standard InChI is InChI=1S/C16H20N4O/c1-2-10-20(11-15(17)18)16(21)19-14-9-5-7-12-6-3-4-8-13(12)14/h3-9H,2,10-11H2,1H3,(H3,17,18)(H,19,21). The molecule has 0 fully saturated rings. The molecule has 0 bridgehead atoms. The molecule has 0 aliphatic rings. The van der Waals surface area contributed by atoms with Crippen molar-refractivity contribution >= 4 is 28.3 Å². The van der Waals surface area contributed by atoms with Gasteiger partial charge in [-0.15, -0.1) is 0 Å². The molecule has 0 aromatic heterocycles. The Morgan fingerprint density at radius 2 is 1.95 bits per heavy atom. The van der Waals surface area contributed by atoms with Crippen LogP contribution in [0.4, 0.5) is 10.5 Å². The van der Waals surface area contributed by atoms with Crippen LogP contribution in [0.25, 0.3) is 10.8 Å². The summed E-state index contributed by atoms with van der Waals surface area (Å²) in [4.78, 5) is 13.9. The maximum atomic E-state index is 12.3. The van der Waals surface area contributed by atoms with Gasteiger partial charge in [0.1, 0.15) is 5.84 Å². The van der Waals surface area contributed by atoms with Crippen molar-refractivity contribution in [1.82, 2.24) is 4.90 Å². The van der Waals surface area contributed by atoms with E-state index in [1.165, 1.54) is 0 Å². The summed E-state index contributed by atoms with van der Waals surface area (Å²) in [6.45, 7) is 2.69. The van der Waals surface area contributed by atoms with E-state index >= 15 is 0 Å². The lowest BCUT2D eigenvalue weighted by Gasteiger charge is -2.22. The fourth-order valence-electron chi connectivity index (χ4n) is 2.26. The van der Waals surface area contributed by atoms with E-state index < -0.39 is 0 Å². The second-order valence-corrected chi connectivity index (χ2v) is 4.90. The Labute approximate surface area is 124 Å². The van der Waals surface area contributed by atoms with Crippen molar-refractivity contribution in [1.29, 1.82) is 5.41 Å². The quantitative estimate of drug-likeness (QED) is 0.582. The molecule has 0 saturated heterocycles. The normalized spacial score (nSPS) is 10.3. The number of fused-ring (bicyclic) bond motifs is 1. The van der Waals surface area contributed by atoms with Gasteiger partial charge in [0.05, 0.1) is 12.2 Å². The molecule has 2 amide bonds. The Morgan fingerprint density at radius 3 is 2.67 bits per heavy atom. The minimum atomic E-state index is -0.233. The van der Waals surface area contributed by atoms with Crippen LogP contribution >= 0.6 is 0 Å². The third-order valence-corrected chi connectivity index (χ3v) is 3.17. The van der Waals surface area contributed by atoms with E-state index in [0.717, 1.165) is 22.9 Å². The first-order chi connectivity index (χ1) is 10.1. The van der Waals surface area contributed by atoms with Gasteiger partial charge in [-0.2, -0.15) is 0 Å². The zero-order chi connectivity index (χ0) is 15.2. The second-order valence-electron chi connectivity index (χ2n) is 4.90. The molecule has 110 valence electrons. The number of rotatable bonds is 5. The SMILES string of the molecule is CCCN(CC(=N)N)C(=O)Nc1cccc2ccccc12. The largest absolute Gasteiger partial charge is 0.386 e. The van der Waals surface area contributed by atoms with Crippen LogP contribution in [0.2, 0.25) is 0 Å². The molecule has 5 nitrogen and oxygen atoms in total. The minimum Gasteiger partial charge on any atom is -0.386 e. The fourth-order valence-corrected chi connectivity index (χ4v) is 2.26. The third-order valence-electron chi connectivity index (χ3n) is 3.17. The lowest BCUT2D eigenvalue weighted by molar-refractivity contribution is 0.218. The Morgan fingerprint density at radius 1 is 1.24 bits per heavy atom. The van der Waals surface area contributed by atoms with Gasteiger partial charge < -0.3 is 16.0 Å². The van der Waals surface area contributed by atoms with Gasteiger partial charge in [-0.25, -0.2) is 4.79 Å². The van der Waals surface area contributed by atoms with E-state index in [0.29, 0.717) is 6.54 Å². The van der Waals surface area contributed by atoms with Crippen LogP contribution in [0.5, 0.6) is 0 Å². The summed E-state index contributed by atoms with van der Waals surface area (Å²) >= 11 is 0. The average Bonchev–Trinajstić information content (AvgIpc) is 2.47. The van der Waals surface area contributed by atoms with Gasteiger partial charge in [0, 0.05) is 11.9 Å². The smallest absolute Gasteiger partial charge is 0.322 e. The Balaban J connectivity index is 2.21. The van der Waals surface area contributed by atoms with Crippen molar-refractivity contribution in [2.45, 2.75) is 13.3 Å². The summed E-state index contributed by atoms with van der Waals surface area (Å²) in [7, 11) is 0. The van der Waals surface area contributed by atoms with Crippen molar-refractivity contribution in [2.75, 3.05) is 18.4 Å². The van der Waals surface area contributed by atoms with Crippen LogP contribution in [-0.2, 0) is 0 Å². The molecule has 0 heterocycles. The number of nitrogens with one attached hydrogen (secondary N) is 2. The number of nitrogens with two attached hydrogens (primary N) is 1. The monoisotopic (exact) mass is 284 g/mol. The summed E-state index contributed by atoms with van der Waals surface area (Å²) < 4.78 is 0. The zero-order valence-corrected chi connectivity index (χ0v) is 12.1. The van der Waals surface area contributed by atoms with Crippen molar-refractivity contribution in [3.8, 4) is 0 Å². The van der Waals surface area contributed by atoms with Crippen molar-refractivity contribution in [2.24, 2.45) is 5.73 Å². The van der Waals surface area contributed by atoms with Crippen molar-refractivity contribution < 1.29 is 4.79 Å². The number of carbonyl (C=O) groups is 1. The van der Waals surface area contributed by atoms with Crippen molar-refractivity contribution in [3.63, 3.8) is 0 Å². The number of urea groups is 1. The summed E-state index contributed by atoms with van der Waals surface area (Å²) in [6, 6.07) is 13.4. The van der Waals surface area contributed by atoms with Gasteiger partial charge >= 0.3 is 6.03 Å². The average molecular weight is 284 g/mol. The first kappa shape index (κ1) is 14.8. The summed E-state index contributed by atoms with van der Waals surface area (Å²) in [5.74, 6) is -0.0171. The van der Waals surface area contributed by atoms with E-state index in [-0.39, 0.29) is 18.4 Å². The van der Waals surface area contributed by atoms with Gasteiger partial charge in [-0.1, -0.05) is 43.3 Å². The second kappa shape index (κ2) is 6.74. The number of hydrogen-bond acceptors (Lipinski definition) is 2. The number of amides is 2. The molecule has 21 heavy (non-hydrogen) atoms. The highest BCUT2D eigenvalue weighted by Gasteiger charge is 2.14. The van der Waals surface area contributed by atoms with Crippen LogP contribution in [0.1, 0.15) is 13.3 Å². The fraction of sp³-hybridized carbons (Fsp3) is 0.250. The predicted octanol–water partition coefficient (Wildman–Crippen LogP) is 3.02. The molecule has 4 N–H and O–H groups in total. The number of anilines is 1. The molecule has 0 spiro atoms. The Hall–Kier alpha value is -2.56. The van der Waals surface area contributed by atoms with Crippen LogP contribution in [0.15, 0.2) is 42.5 Å². The number of hydrogen-bond donors (Lipinski definition) is 3. The molecular formula is C16H20N4O. The van der Waals surface area contributed by atoms with E-state index in [4.69, 9.17) is 11.1 Å². The van der Waals surface area contributed by atoms with E-state index in [1.54, 1.807) is 4.90 Å². The van der Waals surface area contributed by atoms with Crippen LogP contribution in [-0.4, -0.2) is 29.9 Å². The highest BCUT2D eigenvalue weighted by Crippen LogP contribution is 2.23. The topological polar surface area (TPSA) is 82.2 Å². The van der Waals surface area contributed by atoms with Gasteiger partial charge in [0.25, 0.3) is 0 Å². The maximum Gasteiger partial charge on any atom is 0.322 e. The Bertz CT molecular complexity index is 648. The number of nitrogens with zero attached hydrogens (tertiary/aromatic N) is 1. The minimum absolute atomic E-state index is 0.0171. The molecule has 2 aromatic rings.